The van der Waals surface area contributed by atoms with Crippen molar-refractivity contribution >= 4 is 5.69 Å². The van der Waals surface area contributed by atoms with Crippen molar-refractivity contribution in [3.63, 3.8) is 0 Å². The van der Waals surface area contributed by atoms with Gasteiger partial charge in [0.1, 0.15) is 6.10 Å². The Hall–Kier alpha value is -1.59. The number of aliphatic hydroxyl groups is 2. The second-order valence-electron chi connectivity index (χ2n) is 3.03. The number of aliphatic hydroxyl groups excluding tert-OH is 2. The van der Waals surface area contributed by atoms with Gasteiger partial charge in [-0.15, -0.1) is 0 Å². The largest absolute Gasteiger partial charge is 0.389 e. The van der Waals surface area contributed by atoms with Crippen molar-refractivity contribution in [1.29, 1.82) is 0 Å². The standard InChI is InChI=1S/C9H12N4O2/c10-5-8(14)9(15)6-2-1-3-7(4-6)12-13-11/h1-4,8-9,14-15H,5,10H2. The Kier molecular flexibility index (Phi) is 4.08. The monoisotopic (exact) mass is 208 g/mol. The maximum absolute atomic E-state index is 9.62. The van der Waals surface area contributed by atoms with E-state index in [0.29, 0.717) is 11.3 Å². The zero-order chi connectivity index (χ0) is 11.3. The van der Waals surface area contributed by atoms with E-state index >= 15 is 0 Å². The van der Waals surface area contributed by atoms with Gasteiger partial charge in [0.05, 0.1) is 6.10 Å². The van der Waals surface area contributed by atoms with Gasteiger partial charge in [-0.2, -0.15) is 0 Å². The van der Waals surface area contributed by atoms with Crippen molar-refractivity contribution in [2.45, 2.75) is 12.2 Å². The molecule has 0 aliphatic rings. The van der Waals surface area contributed by atoms with Gasteiger partial charge in [0.2, 0.25) is 0 Å². The number of nitrogens with zero attached hydrogens (tertiary/aromatic N) is 3. The molecule has 6 nitrogen and oxygen atoms in total. The van der Waals surface area contributed by atoms with E-state index < -0.39 is 12.2 Å². The Balaban J connectivity index is 2.94. The van der Waals surface area contributed by atoms with Gasteiger partial charge in [0.15, 0.2) is 0 Å². The van der Waals surface area contributed by atoms with E-state index in [2.05, 4.69) is 10.0 Å². The van der Waals surface area contributed by atoms with Crippen molar-refractivity contribution in [3.05, 3.63) is 40.3 Å². The maximum Gasteiger partial charge on any atom is 0.106 e. The number of benzene rings is 1. The second kappa shape index (κ2) is 5.33. The molecule has 0 amide bonds. The molecule has 0 aliphatic heterocycles. The van der Waals surface area contributed by atoms with Crippen LogP contribution in [0, 0.1) is 0 Å². The van der Waals surface area contributed by atoms with Gasteiger partial charge in [0.25, 0.3) is 0 Å². The lowest BCUT2D eigenvalue weighted by Gasteiger charge is -2.16. The van der Waals surface area contributed by atoms with Crippen LogP contribution in [0.3, 0.4) is 0 Å². The van der Waals surface area contributed by atoms with Gasteiger partial charge < -0.3 is 15.9 Å². The Morgan fingerprint density at radius 1 is 1.47 bits per heavy atom. The third kappa shape index (κ3) is 2.93. The SMILES string of the molecule is [N-]=[N+]=Nc1cccc(C(O)C(O)CN)c1. The summed E-state index contributed by atoms with van der Waals surface area (Å²) in [5, 5.41) is 22.3. The van der Waals surface area contributed by atoms with Crippen LogP contribution in [0.2, 0.25) is 0 Å². The molecule has 0 aromatic heterocycles. The van der Waals surface area contributed by atoms with Gasteiger partial charge >= 0.3 is 0 Å². The van der Waals surface area contributed by atoms with Crippen LogP contribution in [0.5, 0.6) is 0 Å². The van der Waals surface area contributed by atoms with Crippen LogP contribution in [-0.2, 0) is 0 Å². The molecule has 1 rings (SSSR count). The molecule has 0 bridgehead atoms. The molecule has 1 aromatic carbocycles. The van der Waals surface area contributed by atoms with E-state index in [1.807, 2.05) is 0 Å². The van der Waals surface area contributed by atoms with Crippen LogP contribution in [0.15, 0.2) is 29.4 Å². The maximum atomic E-state index is 9.62. The van der Waals surface area contributed by atoms with Gasteiger partial charge in [0, 0.05) is 17.1 Å². The van der Waals surface area contributed by atoms with Crippen molar-refractivity contribution in [2.75, 3.05) is 6.54 Å². The number of azide groups is 1. The molecule has 0 saturated heterocycles. The lowest BCUT2D eigenvalue weighted by atomic mass is 10.0. The van der Waals surface area contributed by atoms with Gasteiger partial charge in [-0.05, 0) is 17.2 Å². The molecule has 80 valence electrons. The van der Waals surface area contributed by atoms with Crippen LogP contribution in [0.1, 0.15) is 11.7 Å². The molecular formula is C9H12N4O2. The molecular weight excluding hydrogens is 196 g/mol. The minimum absolute atomic E-state index is 0.0348. The van der Waals surface area contributed by atoms with Crippen LogP contribution in [0.4, 0.5) is 5.69 Å². The summed E-state index contributed by atoms with van der Waals surface area (Å²) in [7, 11) is 0. The molecule has 15 heavy (non-hydrogen) atoms. The highest BCUT2D eigenvalue weighted by atomic mass is 16.3. The molecule has 4 N–H and O–H groups in total. The third-order valence-electron chi connectivity index (χ3n) is 1.98. The third-order valence-corrected chi connectivity index (χ3v) is 1.98. The van der Waals surface area contributed by atoms with E-state index in [4.69, 9.17) is 11.3 Å². The summed E-state index contributed by atoms with van der Waals surface area (Å²) < 4.78 is 0. The lowest BCUT2D eigenvalue weighted by Crippen LogP contribution is -2.27. The number of hydrogen-bond acceptors (Lipinski definition) is 4. The topological polar surface area (TPSA) is 115 Å². The highest BCUT2D eigenvalue weighted by Gasteiger charge is 2.16. The van der Waals surface area contributed by atoms with Crippen LogP contribution in [0.25, 0.3) is 10.4 Å². The number of rotatable bonds is 4. The molecule has 0 radical (unpaired) electrons. The Morgan fingerprint density at radius 3 is 2.80 bits per heavy atom. The van der Waals surface area contributed by atoms with E-state index in [1.165, 1.54) is 6.07 Å². The first-order valence-electron chi connectivity index (χ1n) is 4.40. The molecule has 6 heteroatoms. The second-order valence-corrected chi connectivity index (χ2v) is 3.03. The summed E-state index contributed by atoms with van der Waals surface area (Å²) in [5.74, 6) is 0. The van der Waals surface area contributed by atoms with E-state index in [0.717, 1.165) is 0 Å². The zero-order valence-corrected chi connectivity index (χ0v) is 7.98. The van der Waals surface area contributed by atoms with Gasteiger partial charge in [-0.3, -0.25) is 0 Å². The molecule has 0 aliphatic carbocycles. The molecule has 0 saturated carbocycles. The van der Waals surface area contributed by atoms with E-state index in [1.54, 1.807) is 18.2 Å². The Morgan fingerprint density at radius 2 is 2.20 bits per heavy atom. The Labute approximate surface area is 86.6 Å². The van der Waals surface area contributed by atoms with Crippen LogP contribution >= 0.6 is 0 Å². The number of hydrogen-bond donors (Lipinski definition) is 3. The fourth-order valence-electron chi connectivity index (χ4n) is 1.17. The fourth-order valence-corrected chi connectivity index (χ4v) is 1.17. The molecule has 2 unspecified atom stereocenters. The minimum Gasteiger partial charge on any atom is -0.389 e. The predicted molar refractivity (Wildman–Crippen MR) is 55.3 cm³/mol. The summed E-state index contributed by atoms with van der Waals surface area (Å²) in [6.07, 6.45) is -2.09. The summed E-state index contributed by atoms with van der Waals surface area (Å²) >= 11 is 0. The summed E-state index contributed by atoms with van der Waals surface area (Å²) in [4.78, 5) is 2.63. The lowest BCUT2D eigenvalue weighted by molar-refractivity contribution is 0.0244. The normalized spacial score (nSPS) is 14.1. The van der Waals surface area contributed by atoms with Gasteiger partial charge in [-0.1, -0.05) is 23.3 Å². The molecule has 0 spiro atoms. The van der Waals surface area contributed by atoms with Crippen LogP contribution < -0.4 is 5.73 Å². The zero-order valence-electron chi connectivity index (χ0n) is 7.98. The van der Waals surface area contributed by atoms with Crippen molar-refractivity contribution in [3.8, 4) is 0 Å². The first-order chi connectivity index (χ1) is 7.19. The highest BCUT2D eigenvalue weighted by Crippen LogP contribution is 2.21. The summed E-state index contributed by atoms with van der Waals surface area (Å²) in [5.41, 5.74) is 14.3. The predicted octanol–water partition coefficient (Wildman–Crippen LogP) is 0.981. The quantitative estimate of drug-likeness (QED) is 0.389. The minimum atomic E-state index is -1.07. The fraction of sp³-hybridized carbons (Fsp3) is 0.333. The molecule has 1 aromatic rings. The average Bonchev–Trinajstić information content (AvgIpc) is 2.28. The first-order valence-corrected chi connectivity index (χ1v) is 4.40. The van der Waals surface area contributed by atoms with E-state index in [-0.39, 0.29) is 6.54 Å². The molecule has 0 heterocycles. The summed E-state index contributed by atoms with van der Waals surface area (Å²) in [6, 6.07) is 6.36. The first kappa shape index (κ1) is 11.5. The Bertz CT molecular complexity index is 376. The molecule has 2 atom stereocenters. The van der Waals surface area contributed by atoms with Crippen molar-refractivity contribution < 1.29 is 10.2 Å². The van der Waals surface area contributed by atoms with Gasteiger partial charge in [-0.25, -0.2) is 0 Å². The number of nitrogens with two attached hydrogens (primary N) is 1. The smallest absolute Gasteiger partial charge is 0.106 e. The molecule has 0 fully saturated rings. The summed E-state index contributed by atoms with van der Waals surface area (Å²) in [6.45, 7) is -0.0348. The van der Waals surface area contributed by atoms with Crippen molar-refractivity contribution in [1.82, 2.24) is 0 Å². The highest BCUT2D eigenvalue weighted by molar-refractivity contribution is 5.40. The average molecular weight is 208 g/mol. The van der Waals surface area contributed by atoms with Crippen LogP contribution in [-0.4, -0.2) is 22.9 Å². The van der Waals surface area contributed by atoms with Crippen molar-refractivity contribution in [2.24, 2.45) is 10.8 Å². The van der Waals surface area contributed by atoms with E-state index in [9.17, 15) is 10.2 Å².